The molecule has 10 heteroatoms. The van der Waals surface area contributed by atoms with Gasteiger partial charge in [-0.2, -0.15) is 0 Å². The van der Waals surface area contributed by atoms with Crippen molar-refractivity contribution in [2.75, 3.05) is 11.1 Å². The zero-order chi connectivity index (χ0) is 20.9. The van der Waals surface area contributed by atoms with Gasteiger partial charge in [-0.25, -0.2) is 0 Å². The minimum Gasteiger partial charge on any atom is -0.301 e. The minimum absolute atomic E-state index is 0.170. The molecule has 30 heavy (non-hydrogen) atoms. The molecule has 3 aromatic heterocycles. The Bertz CT molecular complexity index is 1140. The third kappa shape index (κ3) is 4.55. The maximum Gasteiger partial charge on any atom is 0.236 e. The first-order valence-corrected chi connectivity index (χ1v) is 11.1. The average molecular weight is 438 g/mol. The molecule has 4 aromatic rings. The van der Waals surface area contributed by atoms with Crippen LogP contribution in [0.4, 0.5) is 5.13 Å². The van der Waals surface area contributed by atoms with Crippen LogP contribution in [0.15, 0.2) is 53.8 Å². The van der Waals surface area contributed by atoms with Gasteiger partial charge in [0.15, 0.2) is 11.0 Å². The number of carbonyl (C=O) groups excluding carboxylic acids is 1. The summed E-state index contributed by atoms with van der Waals surface area (Å²) >= 11 is 2.67. The van der Waals surface area contributed by atoms with E-state index in [2.05, 4.69) is 30.7 Å². The van der Waals surface area contributed by atoms with E-state index in [4.69, 9.17) is 0 Å². The van der Waals surface area contributed by atoms with Gasteiger partial charge >= 0.3 is 0 Å². The minimum atomic E-state index is -0.170. The molecule has 0 spiro atoms. The van der Waals surface area contributed by atoms with Crippen LogP contribution in [0.2, 0.25) is 0 Å². The van der Waals surface area contributed by atoms with Gasteiger partial charge in [0.1, 0.15) is 10.7 Å². The van der Waals surface area contributed by atoms with Crippen LogP contribution < -0.4 is 5.32 Å². The van der Waals surface area contributed by atoms with E-state index < -0.39 is 0 Å². The fraction of sp³-hybridized carbons (Fsp3) is 0.200. The van der Waals surface area contributed by atoms with Gasteiger partial charge in [-0.05, 0) is 26.0 Å². The normalized spacial score (nSPS) is 10.9. The number of aryl methyl sites for hydroxylation is 1. The zero-order valence-corrected chi connectivity index (χ0v) is 18.1. The van der Waals surface area contributed by atoms with Crippen molar-refractivity contribution in [2.45, 2.75) is 25.5 Å². The van der Waals surface area contributed by atoms with Crippen LogP contribution in [0.3, 0.4) is 0 Å². The van der Waals surface area contributed by atoms with Crippen molar-refractivity contribution in [3.8, 4) is 22.1 Å². The number of benzene rings is 1. The molecule has 0 saturated heterocycles. The Hall–Kier alpha value is -3.11. The molecule has 1 aromatic carbocycles. The van der Waals surface area contributed by atoms with Crippen LogP contribution in [-0.4, -0.2) is 41.6 Å². The van der Waals surface area contributed by atoms with Gasteiger partial charge in [-0.3, -0.25) is 15.1 Å². The lowest BCUT2D eigenvalue weighted by Crippen LogP contribution is -2.14. The molecule has 0 radical (unpaired) electrons. The van der Waals surface area contributed by atoms with Gasteiger partial charge in [-0.1, -0.05) is 59.0 Å². The number of hydrogen-bond acceptors (Lipinski definition) is 8. The molecule has 3 heterocycles. The van der Waals surface area contributed by atoms with E-state index in [1.807, 2.05) is 60.9 Å². The molecule has 0 fully saturated rings. The number of rotatable bonds is 7. The van der Waals surface area contributed by atoms with E-state index in [1.54, 1.807) is 6.20 Å². The van der Waals surface area contributed by atoms with Gasteiger partial charge in [0, 0.05) is 18.3 Å². The van der Waals surface area contributed by atoms with Crippen LogP contribution in [0, 0.1) is 6.92 Å². The third-order valence-electron chi connectivity index (χ3n) is 4.23. The lowest BCUT2D eigenvalue weighted by Gasteiger charge is -2.06. The summed E-state index contributed by atoms with van der Waals surface area (Å²) in [5.74, 6) is 0.712. The van der Waals surface area contributed by atoms with Crippen LogP contribution in [0.5, 0.6) is 0 Å². The zero-order valence-electron chi connectivity index (χ0n) is 16.4. The van der Waals surface area contributed by atoms with Crippen molar-refractivity contribution in [3.63, 3.8) is 0 Å². The monoisotopic (exact) mass is 437 g/mol. The molecule has 0 unspecified atom stereocenters. The second kappa shape index (κ2) is 9.14. The molecule has 0 aliphatic carbocycles. The number of amides is 1. The summed E-state index contributed by atoms with van der Waals surface area (Å²) in [5.41, 5.74) is 2.91. The molecule has 4 rings (SSSR count). The molecule has 0 bridgehead atoms. The Morgan fingerprint density at radius 1 is 1.10 bits per heavy atom. The topological polar surface area (TPSA) is 98.5 Å². The standard InChI is InChI=1S/C20H19N7OS2/c1-3-27-17(15-6-4-5-11-21-15)23-26-20(27)29-12-16(28)22-19-25-24-18(30-19)14-9-7-13(2)8-10-14/h4-11H,3,12H2,1-2H3,(H,22,25,28). The van der Waals surface area contributed by atoms with Crippen LogP contribution in [-0.2, 0) is 11.3 Å². The van der Waals surface area contributed by atoms with Crippen molar-refractivity contribution in [3.05, 3.63) is 54.2 Å². The number of hydrogen-bond donors (Lipinski definition) is 1. The largest absolute Gasteiger partial charge is 0.301 e. The summed E-state index contributed by atoms with van der Waals surface area (Å²) in [6.45, 7) is 4.72. The van der Waals surface area contributed by atoms with Crippen molar-refractivity contribution >= 4 is 34.1 Å². The maximum atomic E-state index is 12.4. The summed E-state index contributed by atoms with van der Waals surface area (Å²) in [4.78, 5) is 16.7. The predicted molar refractivity (Wildman–Crippen MR) is 118 cm³/mol. The Kier molecular flexibility index (Phi) is 6.15. The lowest BCUT2D eigenvalue weighted by molar-refractivity contribution is -0.113. The Labute approximate surface area is 181 Å². The van der Waals surface area contributed by atoms with Gasteiger partial charge in [0.05, 0.1) is 5.75 Å². The highest BCUT2D eigenvalue weighted by molar-refractivity contribution is 7.99. The van der Waals surface area contributed by atoms with Crippen LogP contribution in [0.25, 0.3) is 22.1 Å². The number of anilines is 1. The molecular formula is C20H19N7OS2. The number of nitrogens with zero attached hydrogens (tertiary/aromatic N) is 6. The number of aromatic nitrogens is 6. The van der Waals surface area contributed by atoms with E-state index in [9.17, 15) is 4.79 Å². The number of pyridine rings is 1. The van der Waals surface area contributed by atoms with Crippen LogP contribution >= 0.6 is 23.1 Å². The van der Waals surface area contributed by atoms with Crippen LogP contribution in [0.1, 0.15) is 12.5 Å². The fourth-order valence-corrected chi connectivity index (χ4v) is 4.30. The summed E-state index contributed by atoms with van der Waals surface area (Å²) in [7, 11) is 0. The molecular weight excluding hydrogens is 418 g/mol. The van der Waals surface area contributed by atoms with Crippen molar-refractivity contribution in [1.82, 2.24) is 29.9 Å². The number of carbonyl (C=O) groups is 1. The molecule has 152 valence electrons. The smallest absolute Gasteiger partial charge is 0.236 e. The average Bonchev–Trinajstić information content (AvgIpc) is 3.40. The quantitative estimate of drug-likeness (QED) is 0.438. The Morgan fingerprint density at radius 3 is 2.67 bits per heavy atom. The highest BCUT2D eigenvalue weighted by atomic mass is 32.2. The SMILES string of the molecule is CCn1c(SCC(=O)Nc2nnc(-c3ccc(C)cc3)s2)nnc1-c1ccccn1. The molecule has 8 nitrogen and oxygen atoms in total. The highest BCUT2D eigenvalue weighted by Crippen LogP contribution is 2.27. The van der Waals surface area contributed by atoms with Crippen molar-refractivity contribution in [1.29, 1.82) is 0 Å². The van der Waals surface area contributed by atoms with E-state index in [-0.39, 0.29) is 11.7 Å². The first kappa shape index (κ1) is 20.2. The van der Waals surface area contributed by atoms with Gasteiger partial charge in [-0.15, -0.1) is 20.4 Å². The number of thioether (sulfide) groups is 1. The van der Waals surface area contributed by atoms with Crippen molar-refractivity contribution in [2.24, 2.45) is 0 Å². The third-order valence-corrected chi connectivity index (χ3v) is 6.08. The Balaban J connectivity index is 1.39. The first-order chi connectivity index (χ1) is 14.6. The first-order valence-electron chi connectivity index (χ1n) is 9.32. The van der Waals surface area contributed by atoms with Gasteiger partial charge in [0.25, 0.3) is 0 Å². The van der Waals surface area contributed by atoms with E-state index in [0.717, 1.165) is 16.3 Å². The second-order valence-corrected chi connectivity index (χ2v) is 8.30. The molecule has 0 atom stereocenters. The molecule has 0 aliphatic heterocycles. The highest BCUT2D eigenvalue weighted by Gasteiger charge is 2.16. The number of nitrogens with one attached hydrogen (secondary N) is 1. The second-order valence-electron chi connectivity index (χ2n) is 6.38. The molecule has 0 saturated carbocycles. The predicted octanol–water partition coefficient (Wildman–Crippen LogP) is 3.92. The molecule has 1 amide bonds. The van der Waals surface area contributed by atoms with Crippen molar-refractivity contribution < 1.29 is 4.79 Å². The molecule has 0 aliphatic rings. The lowest BCUT2D eigenvalue weighted by atomic mass is 10.2. The fourth-order valence-electron chi connectivity index (χ4n) is 2.74. The van der Waals surface area contributed by atoms with Gasteiger partial charge < -0.3 is 4.57 Å². The van der Waals surface area contributed by atoms with E-state index in [0.29, 0.717) is 22.7 Å². The van der Waals surface area contributed by atoms with Gasteiger partial charge in [0.2, 0.25) is 11.0 Å². The molecule has 1 N–H and O–H groups in total. The van der Waals surface area contributed by atoms with E-state index >= 15 is 0 Å². The summed E-state index contributed by atoms with van der Waals surface area (Å²) in [6.07, 6.45) is 1.72. The maximum absolute atomic E-state index is 12.4. The summed E-state index contributed by atoms with van der Waals surface area (Å²) in [5, 5.41) is 21.4. The van der Waals surface area contributed by atoms with E-state index in [1.165, 1.54) is 28.7 Å². The summed E-state index contributed by atoms with van der Waals surface area (Å²) < 4.78 is 1.95. The summed E-state index contributed by atoms with van der Waals surface area (Å²) in [6, 6.07) is 13.7. The Morgan fingerprint density at radius 2 is 1.93 bits per heavy atom.